The summed E-state index contributed by atoms with van der Waals surface area (Å²) in [5, 5.41) is 2.99. The highest BCUT2D eigenvalue weighted by atomic mass is 14.9. The molecule has 0 aromatic carbocycles. The molecule has 1 aromatic rings. The van der Waals surface area contributed by atoms with E-state index in [-0.39, 0.29) is 6.04 Å². The summed E-state index contributed by atoms with van der Waals surface area (Å²) in [6, 6.07) is 4.05. The number of nitrogens with one attached hydrogen (secondary N) is 1. The summed E-state index contributed by atoms with van der Waals surface area (Å²) >= 11 is 0. The van der Waals surface area contributed by atoms with Crippen molar-refractivity contribution in [1.29, 1.82) is 0 Å². The molecule has 0 fully saturated rings. The molecular weight excluding hydrogens is 162 g/mol. The molecule has 0 saturated carbocycles. The van der Waals surface area contributed by atoms with E-state index in [1.807, 2.05) is 19.2 Å². The van der Waals surface area contributed by atoms with Gasteiger partial charge in [0.15, 0.2) is 0 Å². The average molecular weight is 179 g/mol. The zero-order valence-corrected chi connectivity index (χ0v) is 8.41. The van der Waals surface area contributed by atoms with Crippen LogP contribution in [0.3, 0.4) is 0 Å². The summed E-state index contributed by atoms with van der Waals surface area (Å²) in [4.78, 5) is 4.13. The SMILES string of the molecule is CNc1cc([C@H](N)C(C)C)ccn1. The second-order valence-corrected chi connectivity index (χ2v) is 3.49. The van der Waals surface area contributed by atoms with Gasteiger partial charge < -0.3 is 11.1 Å². The Labute approximate surface area is 79.4 Å². The van der Waals surface area contributed by atoms with E-state index in [2.05, 4.69) is 24.1 Å². The molecule has 13 heavy (non-hydrogen) atoms. The predicted molar refractivity (Wildman–Crippen MR) is 55.6 cm³/mol. The summed E-state index contributed by atoms with van der Waals surface area (Å²) in [5.41, 5.74) is 7.14. The van der Waals surface area contributed by atoms with E-state index < -0.39 is 0 Å². The predicted octanol–water partition coefficient (Wildman–Crippen LogP) is 1.78. The smallest absolute Gasteiger partial charge is 0.125 e. The van der Waals surface area contributed by atoms with Gasteiger partial charge in [-0.2, -0.15) is 0 Å². The summed E-state index contributed by atoms with van der Waals surface area (Å²) in [7, 11) is 1.85. The largest absolute Gasteiger partial charge is 0.373 e. The first-order valence-electron chi connectivity index (χ1n) is 4.54. The normalized spacial score (nSPS) is 13.0. The van der Waals surface area contributed by atoms with E-state index in [4.69, 9.17) is 5.73 Å². The quantitative estimate of drug-likeness (QED) is 0.743. The Balaban J connectivity index is 2.88. The number of nitrogens with two attached hydrogens (primary N) is 1. The van der Waals surface area contributed by atoms with Gasteiger partial charge in [-0.3, -0.25) is 0 Å². The van der Waals surface area contributed by atoms with Gasteiger partial charge in [0.1, 0.15) is 5.82 Å². The van der Waals surface area contributed by atoms with E-state index in [0.29, 0.717) is 5.92 Å². The lowest BCUT2D eigenvalue weighted by Crippen LogP contribution is -2.16. The molecule has 1 atom stereocenters. The Hall–Kier alpha value is -1.09. The van der Waals surface area contributed by atoms with E-state index in [9.17, 15) is 0 Å². The molecule has 0 spiro atoms. The van der Waals surface area contributed by atoms with Crippen molar-refractivity contribution in [2.24, 2.45) is 11.7 Å². The molecule has 0 radical (unpaired) electrons. The Bertz CT molecular complexity index is 271. The minimum Gasteiger partial charge on any atom is -0.373 e. The Morgan fingerprint density at radius 1 is 1.46 bits per heavy atom. The molecule has 0 amide bonds. The molecule has 0 aliphatic rings. The maximum atomic E-state index is 6.01. The van der Waals surface area contributed by atoms with Crippen molar-refractivity contribution < 1.29 is 0 Å². The summed E-state index contributed by atoms with van der Waals surface area (Å²) in [6.45, 7) is 4.23. The first kappa shape index (κ1) is 9.99. The van der Waals surface area contributed by atoms with Crippen LogP contribution >= 0.6 is 0 Å². The van der Waals surface area contributed by atoms with Crippen LogP contribution in [0.4, 0.5) is 5.82 Å². The monoisotopic (exact) mass is 179 g/mol. The van der Waals surface area contributed by atoms with Gasteiger partial charge >= 0.3 is 0 Å². The van der Waals surface area contributed by atoms with Crippen molar-refractivity contribution in [3.63, 3.8) is 0 Å². The Morgan fingerprint density at radius 3 is 2.69 bits per heavy atom. The van der Waals surface area contributed by atoms with Gasteiger partial charge in [0.05, 0.1) is 0 Å². The maximum absolute atomic E-state index is 6.01. The van der Waals surface area contributed by atoms with Crippen LogP contribution in [0, 0.1) is 5.92 Å². The molecule has 3 heteroatoms. The fraction of sp³-hybridized carbons (Fsp3) is 0.500. The number of hydrogen-bond donors (Lipinski definition) is 2. The molecule has 0 saturated heterocycles. The second kappa shape index (κ2) is 4.23. The van der Waals surface area contributed by atoms with Gasteiger partial charge in [0.2, 0.25) is 0 Å². The fourth-order valence-corrected chi connectivity index (χ4v) is 1.18. The zero-order valence-electron chi connectivity index (χ0n) is 8.41. The third-order valence-corrected chi connectivity index (χ3v) is 2.14. The van der Waals surface area contributed by atoms with Crippen LogP contribution in [-0.2, 0) is 0 Å². The molecule has 3 N–H and O–H groups in total. The maximum Gasteiger partial charge on any atom is 0.125 e. The van der Waals surface area contributed by atoms with Crippen LogP contribution in [0.15, 0.2) is 18.3 Å². The topological polar surface area (TPSA) is 50.9 Å². The summed E-state index contributed by atoms with van der Waals surface area (Å²) in [6.07, 6.45) is 1.78. The molecule has 72 valence electrons. The van der Waals surface area contributed by atoms with Crippen molar-refractivity contribution in [2.45, 2.75) is 19.9 Å². The molecule has 0 unspecified atom stereocenters. The highest BCUT2D eigenvalue weighted by molar-refractivity contribution is 5.37. The molecule has 3 nitrogen and oxygen atoms in total. The van der Waals surface area contributed by atoms with Gasteiger partial charge in [-0.15, -0.1) is 0 Å². The lowest BCUT2D eigenvalue weighted by Gasteiger charge is -2.16. The summed E-state index contributed by atoms with van der Waals surface area (Å²) < 4.78 is 0. The molecule has 1 rings (SSSR count). The minimum absolute atomic E-state index is 0.0927. The van der Waals surface area contributed by atoms with Crippen molar-refractivity contribution in [1.82, 2.24) is 4.98 Å². The van der Waals surface area contributed by atoms with E-state index in [1.54, 1.807) is 6.20 Å². The third kappa shape index (κ3) is 2.42. The highest BCUT2D eigenvalue weighted by Crippen LogP contribution is 2.19. The molecule has 1 aromatic heterocycles. The van der Waals surface area contributed by atoms with Crippen LogP contribution in [0.1, 0.15) is 25.5 Å². The number of anilines is 1. The van der Waals surface area contributed by atoms with E-state index in [1.165, 1.54) is 0 Å². The number of rotatable bonds is 3. The van der Waals surface area contributed by atoms with Gasteiger partial charge in [0, 0.05) is 19.3 Å². The Kier molecular flexibility index (Phi) is 3.25. The third-order valence-electron chi connectivity index (χ3n) is 2.14. The standard InChI is InChI=1S/C10H17N3/c1-7(2)10(11)8-4-5-13-9(6-8)12-3/h4-7,10H,11H2,1-3H3,(H,12,13)/t10-/m1/s1. The molecule has 0 aliphatic heterocycles. The van der Waals surface area contributed by atoms with Crippen LogP contribution in [0.5, 0.6) is 0 Å². The highest BCUT2D eigenvalue weighted by Gasteiger charge is 2.10. The Morgan fingerprint density at radius 2 is 2.15 bits per heavy atom. The summed E-state index contributed by atoms with van der Waals surface area (Å²) in [5.74, 6) is 1.32. The number of nitrogens with zero attached hydrogens (tertiary/aromatic N) is 1. The number of pyridine rings is 1. The van der Waals surface area contributed by atoms with Gasteiger partial charge in [-0.1, -0.05) is 13.8 Å². The molecule has 1 heterocycles. The number of hydrogen-bond acceptors (Lipinski definition) is 3. The number of aromatic nitrogens is 1. The lowest BCUT2D eigenvalue weighted by atomic mass is 9.98. The molecule has 0 bridgehead atoms. The van der Waals surface area contributed by atoms with Gasteiger partial charge in [0.25, 0.3) is 0 Å². The van der Waals surface area contributed by atoms with Crippen LogP contribution in [-0.4, -0.2) is 12.0 Å². The average Bonchev–Trinajstić information content (AvgIpc) is 2.16. The van der Waals surface area contributed by atoms with Crippen LogP contribution in [0.2, 0.25) is 0 Å². The minimum atomic E-state index is 0.0927. The fourth-order valence-electron chi connectivity index (χ4n) is 1.18. The molecular formula is C10H17N3. The van der Waals surface area contributed by atoms with Crippen molar-refractivity contribution in [3.8, 4) is 0 Å². The van der Waals surface area contributed by atoms with Crippen molar-refractivity contribution >= 4 is 5.82 Å². The first-order valence-corrected chi connectivity index (χ1v) is 4.54. The van der Waals surface area contributed by atoms with E-state index in [0.717, 1.165) is 11.4 Å². The van der Waals surface area contributed by atoms with Crippen molar-refractivity contribution in [2.75, 3.05) is 12.4 Å². The molecule has 0 aliphatic carbocycles. The second-order valence-electron chi connectivity index (χ2n) is 3.49. The van der Waals surface area contributed by atoms with Crippen LogP contribution < -0.4 is 11.1 Å². The first-order chi connectivity index (χ1) is 6.15. The lowest BCUT2D eigenvalue weighted by molar-refractivity contribution is 0.514. The van der Waals surface area contributed by atoms with Crippen LogP contribution in [0.25, 0.3) is 0 Å². The van der Waals surface area contributed by atoms with Crippen molar-refractivity contribution in [3.05, 3.63) is 23.9 Å². The van der Waals surface area contributed by atoms with Gasteiger partial charge in [-0.05, 0) is 23.6 Å². The zero-order chi connectivity index (χ0) is 9.84. The van der Waals surface area contributed by atoms with Gasteiger partial charge in [-0.25, -0.2) is 4.98 Å². The van der Waals surface area contributed by atoms with E-state index >= 15 is 0 Å².